The van der Waals surface area contributed by atoms with E-state index in [0.29, 0.717) is 11.1 Å². The largest absolute Gasteiger partial charge is 0.339 e. The molecule has 1 heterocycles. The molecule has 1 aliphatic heterocycles. The molecule has 0 unspecified atom stereocenters. The smallest absolute Gasteiger partial charge is 0.254 e. The third-order valence-electron chi connectivity index (χ3n) is 2.96. The van der Waals surface area contributed by atoms with Crippen LogP contribution in [0, 0.1) is 0 Å². The Morgan fingerprint density at radius 3 is 2.50 bits per heavy atom. The number of amides is 1. The Morgan fingerprint density at radius 1 is 1.12 bits per heavy atom. The van der Waals surface area contributed by atoms with Gasteiger partial charge in [-0.25, -0.2) is 0 Å². The van der Waals surface area contributed by atoms with Gasteiger partial charge in [0.25, 0.3) is 5.91 Å². The molecule has 1 aromatic carbocycles. The number of likely N-dealkylation sites (tertiary alicyclic amines) is 1. The monoisotopic (exact) mass is 217 g/mol. The predicted molar refractivity (Wildman–Crippen MR) is 61.6 cm³/mol. The topological polar surface area (TPSA) is 37.4 Å². The summed E-state index contributed by atoms with van der Waals surface area (Å²) in [5, 5.41) is 0. The van der Waals surface area contributed by atoms with Crippen LogP contribution in [0.1, 0.15) is 40.0 Å². The first-order chi connectivity index (χ1) is 7.83. The molecule has 0 aliphatic carbocycles. The molecule has 2 rings (SSSR count). The highest BCUT2D eigenvalue weighted by Crippen LogP contribution is 2.15. The fourth-order valence-electron chi connectivity index (χ4n) is 2.06. The Labute approximate surface area is 95.1 Å². The first-order valence-corrected chi connectivity index (χ1v) is 5.66. The molecule has 1 aliphatic rings. The maximum Gasteiger partial charge on any atom is 0.254 e. The van der Waals surface area contributed by atoms with Gasteiger partial charge in [0.05, 0.1) is 5.56 Å². The molecule has 0 bridgehead atoms. The molecule has 1 amide bonds. The molecule has 1 fully saturated rings. The van der Waals surface area contributed by atoms with E-state index < -0.39 is 0 Å². The molecule has 0 saturated carbocycles. The van der Waals surface area contributed by atoms with Gasteiger partial charge in [-0.15, -0.1) is 0 Å². The normalized spacial score (nSPS) is 15.9. The van der Waals surface area contributed by atoms with E-state index >= 15 is 0 Å². The number of carbonyl (C=O) groups is 2. The van der Waals surface area contributed by atoms with Gasteiger partial charge < -0.3 is 4.90 Å². The van der Waals surface area contributed by atoms with E-state index in [9.17, 15) is 9.59 Å². The summed E-state index contributed by atoms with van der Waals surface area (Å²) < 4.78 is 0. The quantitative estimate of drug-likeness (QED) is 0.712. The van der Waals surface area contributed by atoms with E-state index in [1.807, 2.05) is 4.90 Å². The second kappa shape index (κ2) is 4.92. The van der Waals surface area contributed by atoms with Crippen molar-refractivity contribution in [2.75, 3.05) is 13.1 Å². The molecule has 0 spiro atoms. The van der Waals surface area contributed by atoms with Crippen LogP contribution in [-0.2, 0) is 0 Å². The minimum Gasteiger partial charge on any atom is -0.339 e. The van der Waals surface area contributed by atoms with E-state index in [4.69, 9.17) is 0 Å². The van der Waals surface area contributed by atoms with Crippen molar-refractivity contribution in [3.8, 4) is 0 Å². The number of piperidine rings is 1. The number of benzene rings is 1. The fraction of sp³-hybridized carbons (Fsp3) is 0.385. The average molecular weight is 217 g/mol. The van der Waals surface area contributed by atoms with E-state index in [-0.39, 0.29) is 5.91 Å². The van der Waals surface area contributed by atoms with Crippen molar-refractivity contribution in [2.45, 2.75) is 19.3 Å². The average Bonchev–Trinajstić information content (AvgIpc) is 2.39. The van der Waals surface area contributed by atoms with Crippen LogP contribution in [-0.4, -0.2) is 30.2 Å². The number of aldehydes is 1. The molecule has 1 saturated heterocycles. The highest BCUT2D eigenvalue weighted by atomic mass is 16.2. The van der Waals surface area contributed by atoms with Crippen LogP contribution in [0.25, 0.3) is 0 Å². The van der Waals surface area contributed by atoms with Crippen molar-refractivity contribution >= 4 is 12.2 Å². The van der Waals surface area contributed by atoms with Gasteiger partial charge in [-0.3, -0.25) is 9.59 Å². The second-order valence-corrected chi connectivity index (χ2v) is 4.06. The van der Waals surface area contributed by atoms with Crippen LogP contribution in [0.5, 0.6) is 0 Å². The summed E-state index contributed by atoms with van der Waals surface area (Å²) >= 11 is 0. The SMILES string of the molecule is O=Cc1ccccc1C(=O)N1CCCCC1. The van der Waals surface area contributed by atoms with E-state index in [1.54, 1.807) is 24.3 Å². The molecule has 0 radical (unpaired) electrons. The van der Waals surface area contributed by atoms with Gasteiger partial charge >= 0.3 is 0 Å². The van der Waals surface area contributed by atoms with Crippen molar-refractivity contribution in [3.05, 3.63) is 35.4 Å². The van der Waals surface area contributed by atoms with Crippen LogP contribution in [0.3, 0.4) is 0 Å². The summed E-state index contributed by atoms with van der Waals surface area (Å²) in [4.78, 5) is 24.8. The minimum atomic E-state index is -0.0117. The summed E-state index contributed by atoms with van der Waals surface area (Å²) in [6.07, 6.45) is 4.07. The van der Waals surface area contributed by atoms with Crippen LogP contribution >= 0.6 is 0 Å². The fourth-order valence-corrected chi connectivity index (χ4v) is 2.06. The van der Waals surface area contributed by atoms with E-state index in [2.05, 4.69) is 0 Å². The zero-order valence-electron chi connectivity index (χ0n) is 9.19. The van der Waals surface area contributed by atoms with Crippen molar-refractivity contribution in [3.63, 3.8) is 0 Å². The summed E-state index contributed by atoms with van der Waals surface area (Å²) in [6.45, 7) is 1.62. The van der Waals surface area contributed by atoms with Crippen molar-refractivity contribution in [2.24, 2.45) is 0 Å². The van der Waals surface area contributed by atoms with Gasteiger partial charge in [-0.1, -0.05) is 18.2 Å². The Kier molecular flexibility index (Phi) is 3.34. The van der Waals surface area contributed by atoms with Gasteiger partial charge in [-0.05, 0) is 25.3 Å². The van der Waals surface area contributed by atoms with Gasteiger partial charge in [0.15, 0.2) is 6.29 Å². The zero-order valence-corrected chi connectivity index (χ0v) is 9.19. The molecule has 16 heavy (non-hydrogen) atoms. The minimum absolute atomic E-state index is 0.0117. The third kappa shape index (κ3) is 2.13. The molecule has 0 N–H and O–H groups in total. The Morgan fingerprint density at radius 2 is 1.81 bits per heavy atom. The first-order valence-electron chi connectivity index (χ1n) is 5.66. The molecule has 0 aromatic heterocycles. The van der Waals surface area contributed by atoms with Gasteiger partial charge in [0.1, 0.15) is 0 Å². The highest BCUT2D eigenvalue weighted by molar-refractivity contribution is 6.01. The zero-order chi connectivity index (χ0) is 11.4. The van der Waals surface area contributed by atoms with Gasteiger partial charge in [0.2, 0.25) is 0 Å². The van der Waals surface area contributed by atoms with Crippen molar-refractivity contribution in [1.82, 2.24) is 4.90 Å². The van der Waals surface area contributed by atoms with E-state index in [1.165, 1.54) is 6.42 Å². The Hall–Kier alpha value is -1.64. The highest BCUT2D eigenvalue weighted by Gasteiger charge is 2.19. The maximum atomic E-state index is 12.1. The number of nitrogens with zero attached hydrogens (tertiary/aromatic N) is 1. The van der Waals surface area contributed by atoms with Crippen molar-refractivity contribution < 1.29 is 9.59 Å². The van der Waals surface area contributed by atoms with Crippen LogP contribution in [0.15, 0.2) is 24.3 Å². The van der Waals surface area contributed by atoms with Gasteiger partial charge in [-0.2, -0.15) is 0 Å². The predicted octanol–water partition coefficient (Wildman–Crippen LogP) is 2.13. The number of rotatable bonds is 2. The lowest BCUT2D eigenvalue weighted by atomic mass is 10.1. The summed E-state index contributed by atoms with van der Waals surface area (Å²) in [7, 11) is 0. The molecule has 3 heteroatoms. The lowest BCUT2D eigenvalue weighted by Gasteiger charge is -2.27. The second-order valence-electron chi connectivity index (χ2n) is 4.06. The van der Waals surface area contributed by atoms with E-state index in [0.717, 1.165) is 32.2 Å². The molecular weight excluding hydrogens is 202 g/mol. The standard InChI is InChI=1S/C13H15NO2/c15-10-11-6-2-3-7-12(11)13(16)14-8-4-1-5-9-14/h2-3,6-7,10H,1,4-5,8-9H2. The lowest BCUT2D eigenvalue weighted by Crippen LogP contribution is -2.36. The van der Waals surface area contributed by atoms with Crippen molar-refractivity contribution in [1.29, 1.82) is 0 Å². The van der Waals surface area contributed by atoms with Crippen LogP contribution in [0.4, 0.5) is 0 Å². The molecule has 3 nitrogen and oxygen atoms in total. The molecular formula is C13H15NO2. The maximum absolute atomic E-state index is 12.1. The summed E-state index contributed by atoms with van der Waals surface area (Å²) in [6, 6.07) is 6.98. The Balaban J connectivity index is 2.22. The number of hydrogen-bond donors (Lipinski definition) is 0. The van der Waals surface area contributed by atoms with Crippen LogP contribution in [0.2, 0.25) is 0 Å². The molecule has 1 aromatic rings. The molecule has 84 valence electrons. The number of hydrogen-bond acceptors (Lipinski definition) is 2. The Bertz CT molecular complexity index is 395. The first kappa shape index (κ1) is 10.9. The molecule has 0 atom stereocenters. The third-order valence-corrected chi connectivity index (χ3v) is 2.96. The number of carbonyl (C=O) groups excluding carboxylic acids is 2. The summed E-state index contributed by atoms with van der Waals surface area (Å²) in [5.74, 6) is -0.0117. The van der Waals surface area contributed by atoms with Gasteiger partial charge in [0, 0.05) is 18.7 Å². The summed E-state index contributed by atoms with van der Waals surface area (Å²) in [5.41, 5.74) is 1.01. The van der Waals surface area contributed by atoms with Crippen LogP contribution < -0.4 is 0 Å². The lowest BCUT2D eigenvalue weighted by molar-refractivity contribution is 0.0721.